The van der Waals surface area contributed by atoms with E-state index in [0.29, 0.717) is 0 Å². The van der Waals surface area contributed by atoms with Gasteiger partial charge in [-0.2, -0.15) is 4.57 Å². The van der Waals surface area contributed by atoms with Crippen LogP contribution < -0.4 is 4.57 Å². The van der Waals surface area contributed by atoms with Crippen LogP contribution in [0.4, 0.5) is 0 Å². The molecule has 0 atom stereocenters. The highest BCUT2D eigenvalue weighted by Gasteiger charge is 2.17. The highest BCUT2D eigenvalue weighted by Crippen LogP contribution is 2.20. The van der Waals surface area contributed by atoms with Crippen molar-refractivity contribution >= 4 is 11.1 Å². The third-order valence-corrected chi connectivity index (χ3v) is 4.58. The summed E-state index contributed by atoms with van der Waals surface area (Å²) in [6, 6.07) is 15.0. The fourth-order valence-electron chi connectivity index (χ4n) is 3.15. The Bertz CT molecular complexity index is 765. The molecule has 0 saturated carbocycles. The third kappa shape index (κ3) is 3.91. The molecule has 2 rings (SSSR count). The van der Waals surface area contributed by atoms with Crippen LogP contribution in [0.3, 0.4) is 0 Å². The zero-order chi connectivity index (χ0) is 17.5. The van der Waals surface area contributed by atoms with Crippen LogP contribution in [0, 0.1) is 6.92 Å². The Hall–Kier alpha value is -2.41. The molecule has 1 aromatic heterocycles. The van der Waals surface area contributed by atoms with Crippen molar-refractivity contribution < 1.29 is 4.57 Å². The first-order valence-electron chi connectivity index (χ1n) is 8.67. The monoisotopic (exact) mass is 318 g/mol. The lowest BCUT2D eigenvalue weighted by molar-refractivity contribution is -0.704. The summed E-state index contributed by atoms with van der Waals surface area (Å²) in [6.45, 7) is 15.4. The number of benzene rings is 1. The van der Waals surface area contributed by atoms with Gasteiger partial charge < -0.3 is 0 Å². The van der Waals surface area contributed by atoms with Crippen molar-refractivity contribution in [3.63, 3.8) is 0 Å². The van der Waals surface area contributed by atoms with Crippen LogP contribution >= 0.6 is 0 Å². The van der Waals surface area contributed by atoms with Crippen molar-refractivity contribution in [2.24, 2.45) is 0 Å². The molecular formula is C23H28N+. The molecule has 124 valence electrons. The lowest BCUT2D eigenvalue weighted by Crippen LogP contribution is -2.42. The second kappa shape index (κ2) is 8.44. The molecule has 0 aliphatic rings. The number of pyridine rings is 1. The average molecular weight is 318 g/mol. The summed E-state index contributed by atoms with van der Waals surface area (Å²) >= 11 is 0. The van der Waals surface area contributed by atoms with Gasteiger partial charge in [-0.25, -0.2) is 0 Å². The normalized spacial score (nSPS) is 11.4. The standard InChI is InChI=1S/C23H28N/c1-6-18(4)22-14-10-9-13-21(22)16-17-24-19(5)12-11-15-23(24)20(7-2)8-3/h6-7,9-15H,1,4,8,16-17H2,2-3,5H3/q+1. The van der Waals surface area contributed by atoms with E-state index in [0.717, 1.165) is 25.0 Å². The third-order valence-electron chi connectivity index (χ3n) is 4.58. The minimum Gasteiger partial charge on any atom is -0.196 e. The van der Waals surface area contributed by atoms with Crippen LogP contribution in [0.15, 0.2) is 67.8 Å². The van der Waals surface area contributed by atoms with Gasteiger partial charge in [0.05, 0.1) is 0 Å². The quantitative estimate of drug-likeness (QED) is 0.466. The van der Waals surface area contributed by atoms with Gasteiger partial charge in [-0.3, -0.25) is 0 Å². The first-order chi connectivity index (χ1) is 11.6. The van der Waals surface area contributed by atoms with Gasteiger partial charge in [0.2, 0.25) is 5.69 Å². The predicted molar refractivity (Wildman–Crippen MR) is 105 cm³/mol. The molecule has 24 heavy (non-hydrogen) atoms. The van der Waals surface area contributed by atoms with Gasteiger partial charge in [0.1, 0.15) is 0 Å². The van der Waals surface area contributed by atoms with Crippen molar-refractivity contribution in [1.29, 1.82) is 0 Å². The van der Waals surface area contributed by atoms with Gasteiger partial charge in [-0.1, -0.05) is 56.5 Å². The fraction of sp³-hybridized carbons (Fsp3) is 0.261. The van der Waals surface area contributed by atoms with Crippen molar-refractivity contribution in [1.82, 2.24) is 0 Å². The van der Waals surface area contributed by atoms with E-state index in [4.69, 9.17) is 0 Å². The Labute approximate surface area is 146 Å². The van der Waals surface area contributed by atoms with Gasteiger partial charge in [0.15, 0.2) is 12.2 Å². The summed E-state index contributed by atoms with van der Waals surface area (Å²) in [5.41, 5.74) is 7.51. The van der Waals surface area contributed by atoms with E-state index < -0.39 is 0 Å². The first-order valence-corrected chi connectivity index (χ1v) is 8.67. The van der Waals surface area contributed by atoms with E-state index >= 15 is 0 Å². The van der Waals surface area contributed by atoms with Gasteiger partial charge in [-0.05, 0) is 36.1 Å². The zero-order valence-electron chi connectivity index (χ0n) is 15.2. The SMILES string of the molecule is C=CC(=C)c1ccccc1CC[n+]1c(C)cccc1C(=CC)CC. The van der Waals surface area contributed by atoms with E-state index in [1.807, 2.05) is 6.08 Å². The molecule has 2 aromatic rings. The number of nitrogens with zero attached hydrogens (tertiary/aromatic N) is 1. The molecule has 0 bridgehead atoms. The molecule has 1 heteroatoms. The maximum atomic E-state index is 4.11. The van der Waals surface area contributed by atoms with E-state index in [1.165, 1.54) is 28.1 Å². The minimum absolute atomic E-state index is 0.959. The Kier molecular flexibility index (Phi) is 6.31. The molecule has 0 unspecified atom stereocenters. The lowest BCUT2D eigenvalue weighted by atomic mass is 9.98. The minimum atomic E-state index is 0.959. The molecule has 0 fully saturated rings. The van der Waals surface area contributed by atoms with Crippen molar-refractivity contribution in [2.45, 2.75) is 40.2 Å². The van der Waals surface area contributed by atoms with Gasteiger partial charge >= 0.3 is 0 Å². The Morgan fingerprint density at radius 1 is 1.12 bits per heavy atom. The molecule has 0 aliphatic carbocycles. The molecule has 0 saturated heterocycles. The van der Waals surface area contributed by atoms with Gasteiger partial charge in [-0.15, -0.1) is 0 Å². The highest BCUT2D eigenvalue weighted by molar-refractivity contribution is 5.73. The summed E-state index contributed by atoms with van der Waals surface area (Å²) in [4.78, 5) is 0. The first kappa shape index (κ1) is 17.9. The number of hydrogen-bond donors (Lipinski definition) is 0. The Morgan fingerprint density at radius 3 is 2.54 bits per heavy atom. The molecule has 0 radical (unpaired) electrons. The Balaban J connectivity index is 2.34. The molecule has 0 spiro atoms. The molecule has 1 aromatic carbocycles. The summed E-state index contributed by atoms with van der Waals surface area (Å²) in [6.07, 6.45) is 6.08. The summed E-state index contributed by atoms with van der Waals surface area (Å²) in [5, 5.41) is 0. The second-order valence-electron chi connectivity index (χ2n) is 6.01. The van der Waals surface area contributed by atoms with Crippen molar-refractivity contribution in [3.05, 3.63) is 90.3 Å². The van der Waals surface area contributed by atoms with E-state index in [1.54, 1.807) is 0 Å². The van der Waals surface area contributed by atoms with E-state index in [-0.39, 0.29) is 0 Å². The molecular weight excluding hydrogens is 290 g/mol. The predicted octanol–water partition coefficient (Wildman–Crippen LogP) is 5.54. The topological polar surface area (TPSA) is 3.88 Å². The van der Waals surface area contributed by atoms with Crippen LogP contribution in [-0.2, 0) is 13.0 Å². The van der Waals surface area contributed by atoms with Crippen molar-refractivity contribution in [3.8, 4) is 0 Å². The number of rotatable bonds is 7. The summed E-state index contributed by atoms with van der Waals surface area (Å²) < 4.78 is 2.42. The second-order valence-corrected chi connectivity index (χ2v) is 6.01. The molecule has 0 N–H and O–H groups in total. The average Bonchev–Trinajstić information content (AvgIpc) is 2.62. The highest BCUT2D eigenvalue weighted by atomic mass is 15.0. The summed E-state index contributed by atoms with van der Waals surface area (Å²) in [7, 11) is 0. The number of hydrogen-bond acceptors (Lipinski definition) is 0. The van der Waals surface area contributed by atoms with Crippen LogP contribution in [0.5, 0.6) is 0 Å². The fourth-order valence-corrected chi connectivity index (χ4v) is 3.15. The largest absolute Gasteiger partial charge is 0.208 e. The number of aryl methyl sites for hydroxylation is 2. The van der Waals surface area contributed by atoms with Crippen LogP contribution in [0.2, 0.25) is 0 Å². The molecule has 0 aliphatic heterocycles. The van der Waals surface area contributed by atoms with Gasteiger partial charge in [0, 0.05) is 31.1 Å². The van der Waals surface area contributed by atoms with E-state index in [9.17, 15) is 0 Å². The number of aromatic nitrogens is 1. The van der Waals surface area contributed by atoms with Crippen LogP contribution in [0.25, 0.3) is 11.1 Å². The maximum absolute atomic E-state index is 4.11. The zero-order valence-corrected chi connectivity index (χ0v) is 15.2. The van der Waals surface area contributed by atoms with Crippen LogP contribution in [0.1, 0.15) is 42.8 Å². The number of allylic oxidation sites excluding steroid dienone is 4. The smallest absolute Gasteiger partial charge is 0.196 e. The summed E-state index contributed by atoms with van der Waals surface area (Å²) in [5.74, 6) is 0. The van der Waals surface area contributed by atoms with Gasteiger partial charge in [0.25, 0.3) is 0 Å². The molecule has 0 amide bonds. The van der Waals surface area contributed by atoms with Crippen LogP contribution in [-0.4, -0.2) is 0 Å². The Morgan fingerprint density at radius 2 is 1.88 bits per heavy atom. The lowest BCUT2D eigenvalue weighted by Gasteiger charge is -2.11. The molecule has 1 heterocycles. The maximum Gasteiger partial charge on any atom is 0.208 e. The molecule has 1 nitrogen and oxygen atoms in total. The van der Waals surface area contributed by atoms with E-state index in [2.05, 4.69) is 87.0 Å². The van der Waals surface area contributed by atoms with Crippen molar-refractivity contribution in [2.75, 3.05) is 0 Å².